The van der Waals surface area contributed by atoms with E-state index in [1.54, 1.807) is 5.56 Å². The summed E-state index contributed by atoms with van der Waals surface area (Å²) >= 11 is 0. The van der Waals surface area contributed by atoms with Crippen molar-refractivity contribution in [2.45, 2.75) is 83.7 Å². The quantitative estimate of drug-likeness (QED) is 0.313. The summed E-state index contributed by atoms with van der Waals surface area (Å²) in [5.41, 5.74) is 2.83. The SMILES string of the molecule is C=CCCC1CCC(C2CCC(c3ccc(COCC=CC)cc3)CC2)CC1. The van der Waals surface area contributed by atoms with Gasteiger partial charge in [-0.05, 0) is 93.1 Å². The number of benzene rings is 1. The maximum absolute atomic E-state index is 5.66. The van der Waals surface area contributed by atoms with Gasteiger partial charge in [0.25, 0.3) is 0 Å². The van der Waals surface area contributed by atoms with Gasteiger partial charge in [-0.2, -0.15) is 0 Å². The zero-order chi connectivity index (χ0) is 19.6. The third-order valence-electron chi connectivity index (χ3n) is 7.28. The Balaban J connectivity index is 1.40. The molecule has 0 unspecified atom stereocenters. The summed E-state index contributed by atoms with van der Waals surface area (Å²) in [7, 11) is 0. The predicted octanol–water partition coefficient (Wildman–Crippen LogP) is 7.83. The van der Waals surface area contributed by atoms with Crippen molar-refractivity contribution in [3.63, 3.8) is 0 Å². The molecule has 154 valence electrons. The average molecular weight is 381 g/mol. The van der Waals surface area contributed by atoms with E-state index in [1.807, 2.05) is 13.0 Å². The third kappa shape index (κ3) is 6.34. The fraction of sp³-hybridized carbons (Fsp3) is 0.630. The van der Waals surface area contributed by atoms with Crippen molar-refractivity contribution < 1.29 is 4.74 Å². The molecule has 2 fully saturated rings. The van der Waals surface area contributed by atoms with Gasteiger partial charge >= 0.3 is 0 Å². The molecule has 0 amide bonds. The Kier molecular flexibility index (Phi) is 8.86. The Hall–Kier alpha value is -1.34. The highest BCUT2D eigenvalue weighted by molar-refractivity contribution is 5.25. The summed E-state index contributed by atoms with van der Waals surface area (Å²) in [6.07, 6.45) is 20.3. The first kappa shape index (κ1) is 21.4. The molecule has 0 spiro atoms. The summed E-state index contributed by atoms with van der Waals surface area (Å²) in [5.74, 6) is 3.76. The summed E-state index contributed by atoms with van der Waals surface area (Å²) < 4.78 is 5.66. The molecule has 0 saturated heterocycles. The van der Waals surface area contributed by atoms with E-state index < -0.39 is 0 Å². The van der Waals surface area contributed by atoms with E-state index >= 15 is 0 Å². The van der Waals surface area contributed by atoms with E-state index in [9.17, 15) is 0 Å². The highest BCUT2D eigenvalue weighted by Crippen LogP contribution is 2.44. The standard InChI is InChI=1S/C27H40O/c1-3-5-7-22-8-12-24(13-9-22)26-16-18-27(19-17-26)25-14-10-23(11-15-25)21-28-20-6-4-2/h3-4,6,10-11,14-15,22,24,26-27H,1,5,7-9,12-13,16-21H2,2H3. The van der Waals surface area contributed by atoms with Gasteiger partial charge in [0.1, 0.15) is 0 Å². The van der Waals surface area contributed by atoms with Crippen LogP contribution in [0, 0.1) is 17.8 Å². The molecule has 2 aliphatic carbocycles. The minimum atomic E-state index is 0.707. The van der Waals surface area contributed by atoms with Crippen molar-refractivity contribution in [2.75, 3.05) is 6.61 Å². The van der Waals surface area contributed by atoms with Crippen LogP contribution in [0.3, 0.4) is 0 Å². The second-order valence-corrected chi connectivity index (χ2v) is 9.08. The van der Waals surface area contributed by atoms with Crippen molar-refractivity contribution in [3.8, 4) is 0 Å². The van der Waals surface area contributed by atoms with E-state index in [-0.39, 0.29) is 0 Å². The zero-order valence-electron chi connectivity index (χ0n) is 18.0. The number of ether oxygens (including phenoxy) is 1. The minimum absolute atomic E-state index is 0.707. The zero-order valence-corrected chi connectivity index (χ0v) is 18.0. The molecule has 0 N–H and O–H groups in total. The third-order valence-corrected chi connectivity index (χ3v) is 7.28. The second kappa shape index (κ2) is 11.6. The molecule has 3 rings (SSSR count). The molecule has 0 aliphatic heterocycles. The molecule has 0 atom stereocenters. The van der Waals surface area contributed by atoms with Gasteiger partial charge in [-0.3, -0.25) is 0 Å². The van der Waals surface area contributed by atoms with E-state index in [0.717, 1.165) is 23.7 Å². The Bertz CT molecular complexity index is 583. The van der Waals surface area contributed by atoms with Gasteiger partial charge in [0, 0.05) is 0 Å². The van der Waals surface area contributed by atoms with E-state index in [1.165, 1.54) is 69.8 Å². The highest BCUT2D eigenvalue weighted by Gasteiger charge is 2.31. The first-order valence-corrected chi connectivity index (χ1v) is 11.7. The van der Waals surface area contributed by atoms with Crippen LogP contribution < -0.4 is 0 Å². The lowest BCUT2D eigenvalue weighted by Crippen LogP contribution is -2.25. The van der Waals surface area contributed by atoms with Gasteiger partial charge in [0.2, 0.25) is 0 Å². The summed E-state index contributed by atoms with van der Waals surface area (Å²) in [4.78, 5) is 0. The maximum atomic E-state index is 5.66. The number of rotatable bonds is 9. The normalized spacial score (nSPS) is 28.5. The highest BCUT2D eigenvalue weighted by atomic mass is 16.5. The summed E-state index contributed by atoms with van der Waals surface area (Å²) in [6, 6.07) is 9.23. The Morgan fingerprint density at radius 2 is 1.57 bits per heavy atom. The summed E-state index contributed by atoms with van der Waals surface area (Å²) in [6.45, 7) is 7.33. The molecule has 1 aromatic rings. The molecular formula is C27H40O. The Morgan fingerprint density at radius 1 is 0.929 bits per heavy atom. The van der Waals surface area contributed by atoms with Crippen molar-refractivity contribution in [3.05, 3.63) is 60.2 Å². The van der Waals surface area contributed by atoms with Gasteiger partial charge in [0.05, 0.1) is 13.2 Å². The topological polar surface area (TPSA) is 9.23 Å². The number of allylic oxidation sites excluding steroid dienone is 2. The first-order chi connectivity index (χ1) is 13.8. The monoisotopic (exact) mass is 380 g/mol. The molecule has 28 heavy (non-hydrogen) atoms. The van der Waals surface area contributed by atoms with E-state index in [4.69, 9.17) is 4.74 Å². The molecule has 2 aliphatic rings. The van der Waals surface area contributed by atoms with Gasteiger partial charge in [-0.1, -0.05) is 55.3 Å². The van der Waals surface area contributed by atoms with Crippen LogP contribution in [0.25, 0.3) is 0 Å². The van der Waals surface area contributed by atoms with Gasteiger partial charge < -0.3 is 4.74 Å². The van der Waals surface area contributed by atoms with Crippen LogP contribution in [0.5, 0.6) is 0 Å². The second-order valence-electron chi connectivity index (χ2n) is 9.08. The smallest absolute Gasteiger partial charge is 0.0721 e. The average Bonchev–Trinajstić information content (AvgIpc) is 2.76. The van der Waals surface area contributed by atoms with Crippen molar-refractivity contribution in [1.82, 2.24) is 0 Å². The first-order valence-electron chi connectivity index (χ1n) is 11.7. The molecule has 0 aromatic heterocycles. The van der Waals surface area contributed by atoms with E-state index in [2.05, 4.69) is 43.0 Å². The maximum Gasteiger partial charge on any atom is 0.0721 e. The van der Waals surface area contributed by atoms with Crippen LogP contribution in [-0.2, 0) is 11.3 Å². The Morgan fingerprint density at radius 3 is 2.18 bits per heavy atom. The van der Waals surface area contributed by atoms with Crippen LogP contribution in [0.4, 0.5) is 0 Å². The minimum Gasteiger partial charge on any atom is -0.373 e. The van der Waals surface area contributed by atoms with Gasteiger partial charge in [-0.15, -0.1) is 6.58 Å². The number of hydrogen-bond donors (Lipinski definition) is 0. The van der Waals surface area contributed by atoms with Crippen LogP contribution in [0.2, 0.25) is 0 Å². The Labute approximate surface area is 173 Å². The molecule has 1 aromatic carbocycles. The van der Waals surface area contributed by atoms with Crippen LogP contribution in [0.15, 0.2) is 49.1 Å². The fourth-order valence-corrected chi connectivity index (χ4v) is 5.45. The number of hydrogen-bond acceptors (Lipinski definition) is 1. The van der Waals surface area contributed by atoms with Gasteiger partial charge in [-0.25, -0.2) is 0 Å². The molecule has 0 radical (unpaired) electrons. The fourth-order valence-electron chi connectivity index (χ4n) is 5.45. The lowest BCUT2D eigenvalue weighted by atomic mass is 9.68. The van der Waals surface area contributed by atoms with Crippen LogP contribution >= 0.6 is 0 Å². The summed E-state index contributed by atoms with van der Waals surface area (Å²) in [5, 5.41) is 0. The van der Waals surface area contributed by atoms with Crippen LogP contribution in [0.1, 0.15) is 88.2 Å². The lowest BCUT2D eigenvalue weighted by Gasteiger charge is -2.38. The van der Waals surface area contributed by atoms with E-state index in [0.29, 0.717) is 13.2 Å². The van der Waals surface area contributed by atoms with Crippen molar-refractivity contribution in [2.24, 2.45) is 17.8 Å². The molecule has 1 nitrogen and oxygen atoms in total. The van der Waals surface area contributed by atoms with Crippen molar-refractivity contribution >= 4 is 0 Å². The largest absolute Gasteiger partial charge is 0.373 e. The predicted molar refractivity (Wildman–Crippen MR) is 120 cm³/mol. The lowest BCUT2D eigenvalue weighted by molar-refractivity contribution is 0.148. The van der Waals surface area contributed by atoms with Crippen molar-refractivity contribution in [1.29, 1.82) is 0 Å². The molecule has 2 saturated carbocycles. The molecule has 0 bridgehead atoms. The molecular weight excluding hydrogens is 340 g/mol. The van der Waals surface area contributed by atoms with Gasteiger partial charge in [0.15, 0.2) is 0 Å². The molecule has 0 heterocycles. The molecule has 1 heteroatoms. The van der Waals surface area contributed by atoms with Crippen LogP contribution in [-0.4, -0.2) is 6.61 Å².